The number of rotatable bonds is 1. The lowest BCUT2D eigenvalue weighted by Gasteiger charge is -2.41. The summed E-state index contributed by atoms with van der Waals surface area (Å²) in [5.74, 6) is -0.0745. The van der Waals surface area contributed by atoms with Crippen LogP contribution < -0.4 is 10.2 Å². The van der Waals surface area contributed by atoms with Crippen LogP contribution >= 0.6 is 0 Å². The van der Waals surface area contributed by atoms with Crippen LogP contribution in [0.25, 0.3) is 0 Å². The molecule has 6 heteroatoms. The molecule has 0 aliphatic carbocycles. The van der Waals surface area contributed by atoms with Crippen molar-refractivity contribution in [1.29, 1.82) is 5.26 Å². The van der Waals surface area contributed by atoms with Gasteiger partial charge in [-0.25, -0.2) is 0 Å². The maximum Gasteiger partial charge on any atom is 0.253 e. The highest BCUT2D eigenvalue weighted by Crippen LogP contribution is 2.25. The van der Waals surface area contributed by atoms with Crippen LogP contribution in [0.1, 0.15) is 5.56 Å². The molecule has 6 nitrogen and oxygen atoms in total. The molecule has 2 aliphatic rings. The van der Waals surface area contributed by atoms with Gasteiger partial charge >= 0.3 is 0 Å². The molecule has 1 aromatic rings. The highest BCUT2D eigenvalue weighted by Gasteiger charge is 2.41. The van der Waals surface area contributed by atoms with Crippen LogP contribution in [0.4, 0.5) is 5.69 Å². The fourth-order valence-corrected chi connectivity index (χ4v) is 2.63. The Morgan fingerprint density at radius 1 is 1.33 bits per heavy atom. The molecular formula is C15H17N3O3. The van der Waals surface area contributed by atoms with Crippen LogP contribution in [0, 0.1) is 11.3 Å². The monoisotopic (exact) mass is 287 g/mol. The second-order valence-electron chi connectivity index (χ2n) is 5.34. The predicted octanol–water partition coefficient (Wildman–Crippen LogP) is 0.280. The third-order valence-electron chi connectivity index (χ3n) is 3.79. The van der Waals surface area contributed by atoms with Crippen molar-refractivity contribution in [3.05, 3.63) is 29.8 Å². The second kappa shape index (κ2) is 5.82. The largest absolute Gasteiger partial charge is 0.377 e. The molecule has 0 saturated carbocycles. The first-order chi connectivity index (χ1) is 10.2. The van der Waals surface area contributed by atoms with E-state index in [0.29, 0.717) is 31.9 Å². The average molecular weight is 287 g/mol. The molecule has 110 valence electrons. The lowest BCUT2D eigenvalue weighted by atomic mass is 10.0. The minimum absolute atomic E-state index is 0.0467. The molecule has 0 radical (unpaired) electrons. The zero-order valence-corrected chi connectivity index (χ0v) is 11.7. The van der Waals surface area contributed by atoms with E-state index < -0.39 is 5.60 Å². The summed E-state index contributed by atoms with van der Waals surface area (Å²) < 4.78 is 11.3. The Labute approximate surface area is 123 Å². The van der Waals surface area contributed by atoms with E-state index in [1.54, 1.807) is 29.2 Å². The molecule has 1 N–H and O–H groups in total. The molecule has 2 heterocycles. The summed E-state index contributed by atoms with van der Waals surface area (Å²) >= 11 is 0. The number of anilines is 1. The Bertz CT molecular complexity index is 557. The highest BCUT2D eigenvalue weighted by molar-refractivity contribution is 5.95. The Morgan fingerprint density at radius 2 is 2.14 bits per heavy atom. The van der Waals surface area contributed by atoms with Crippen molar-refractivity contribution in [1.82, 2.24) is 5.32 Å². The fraction of sp³-hybridized carbons (Fsp3) is 0.467. The first-order valence-corrected chi connectivity index (χ1v) is 6.95. The molecule has 0 bridgehead atoms. The van der Waals surface area contributed by atoms with Crippen LogP contribution in [0.3, 0.4) is 0 Å². The number of nitrogens with one attached hydrogen (secondary N) is 1. The highest BCUT2D eigenvalue weighted by atomic mass is 16.5. The smallest absolute Gasteiger partial charge is 0.253 e. The maximum absolute atomic E-state index is 12.1. The third kappa shape index (κ3) is 2.90. The molecule has 3 rings (SSSR count). The number of hydrogen-bond donors (Lipinski definition) is 1. The molecule has 0 aromatic heterocycles. The molecule has 1 unspecified atom stereocenters. The number of hydrogen-bond acceptors (Lipinski definition) is 5. The van der Waals surface area contributed by atoms with Crippen molar-refractivity contribution in [3.63, 3.8) is 0 Å². The summed E-state index contributed by atoms with van der Waals surface area (Å²) in [6, 6.07) is 9.09. The van der Waals surface area contributed by atoms with Gasteiger partial charge in [-0.1, -0.05) is 0 Å². The quantitative estimate of drug-likeness (QED) is 0.803. The van der Waals surface area contributed by atoms with Gasteiger partial charge < -0.3 is 19.7 Å². The molecule has 1 aromatic carbocycles. The van der Waals surface area contributed by atoms with Crippen LogP contribution in [0.15, 0.2) is 24.3 Å². The summed E-state index contributed by atoms with van der Waals surface area (Å²) in [4.78, 5) is 13.8. The minimum atomic E-state index is -0.502. The SMILES string of the molecule is N#Cc1ccc(N2CC3(CNCCOC3)OCC2=O)cc1. The van der Waals surface area contributed by atoms with E-state index in [4.69, 9.17) is 14.7 Å². The number of nitrogens with zero attached hydrogens (tertiary/aromatic N) is 2. The summed E-state index contributed by atoms with van der Waals surface area (Å²) in [5.41, 5.74) is 0.859. The summed E-state index contributed by atoms with van der Waals surface area (Å²) in [6.07, 6.45) is 0. The van der Waals surface area contributed by atoms with Gasteiger partial charge in [0.25, 0.3) is 5.91 Å². The minimum Gasteiger partial charge on any atom is -0.377 e. The Kier molecular flexibility index (Phi) is 3.88. The average Bonchev–Trinajstić information content (AvgIpc) is 2.76. The number of amides is 1. The molecule has 2 saturated heterocycles. The zero-order valence-electron chi connectivity index (χ0n) is 11.7. The lowest BCUT2D eigenvalue weighted by Crippen LogP contribution is -2.60. The number of carbonyl (C=O) groups excluding carboxylic acids is 1. The Balaban J connectivity index is 1.82. The number of morpholine rings is 1. The van der Waals surface area contributed by atoms with E-state index in [-0.39, 0.29) is 12.5 Å². The van der Waals surface area contributed by atoms with E-state index in [1.165, 1.54) is 0 Å². The van der Waals surface area contributed by atoms with Gasteiger partial charge in [0.15, 0.2) is 0 Å². The molecule has 1 atom stereocenters. The first-order valence-electron chi connectivity index (χ1n) is 6.95. The molecule has 1 spiro atoms. The number of carbonyl (C=O) groups is 1. The maximum atomic E-state index is 12.1. The van der Waals surface area contributed by atoms with Gasteiger partial charge in [-0.2, -0.15) is 5.26 Å². The van der Waals surface area contributed by atoms with E-state index >= 15 is 0 Å². The van der Waals surface area contributed by atoms with Crippen molar-refractivity contribution >= 4 is 11.6 Å². The summed E-state index contributed by atoms with van der Waals surface area (Å²) in [7, 11) is 0. The molecule has 2 aliphatic heterocycles. The normalized spacial score (nSPS) is 26.4. The van der Waals surface area contributed by atoms with Crippen molar-refractivity contribution in [3.8, 4) is 6.07 Å². The summed E-state index contributed by atoms with van der Waals surface area (Å²) in [6.45, 7) is 3.06. The predicted molar refractivity (Wildman–Crippen MR) is 75.9 cm³/mol. The first kappa shape index (κ1) is 14.0. The van der Waals surface area contributed by atoms with E-state index in [0.717, 1.165) is 12.2 Å². The van der Waals surface area contributed by atoms with Gasteiger partial charge in [0.1, 0.15) is 12.2 Å². The van der Waals surface area contributed by atoms with Crippen molar-refractivity contribution < 1.29 is 14.3 Å². The van der Waals surface area contributed by atoms with Gasteiger partial charge in [0.05, 0.1) is 31.4 Å². The topological polar surface area (TPSA) is 74.6 Å². The van der Waals surface area contributed by atoms with E-state index in [2.05, 4.69) is 11.4 Å². The van der Waals surface area contributed by atoms with Gasteiger partial charge in [0.2, 0.25) is 0 Å². The van der Waals surface area contributed by atoms with Gasteiger partial charge in [-0.05, 0) is 24.3 Å². The van der Waals surface area contributed by atoms with Crippen molar-refractivity contribution in [2.75, 3.05) is 44.4 Å². The molecule has 2 fully saturated rings. The number of nitriles is 1. The molecule has 21 heavy (non-hydrogen) atoms. The van der Waals surface area contributed by atoms with Crippen LogP contribution in [-0.2, 0) is 14.3 Å². The standard InChI is InChI=1S/C15H17N3O3/c16-7-12-1-3-13(4-2-12)18-10-15(21-8-14(18)19)9-17-5-6-20-11-15/h1-4,17H,5-6,8-11H2. The number of benzene rings is 1. The van der Waals surface area contributed by atoms with Crippen molar-refractivity contribution in [2.45, 2.75) is 5.60 Å². The Morgan fingerprint density at radius 3 is 2.90 bits per heavy atom. The van der Waals surface area contributed by atoms with Crippen LogP contribution in [-0.4, -0.2) is 51.0 Å². The van der Waals surface area contributed by atoms with E-state index in [9.17, 15) is 4.79 Å². The van der Waals surface area contributed by atoms with Crippen molar-refractivity contribution in [2.24, 2.45) is 0 Å². The summed E-state index contributed by atoms with van der Waals surface area (Å²) in [5, 5.41) is 12.1. The van der Waals surface area contributed by atoms with Gasteiger partial charge in [0, 0.05) is 18.8 Å². The zero-order chi connectivity index (χ0) is 14.7. The molecule has 1 amide bonds. The molecular weight excluding hydrogens is 270 g/mol. The van der Waals surface area contributed by atoms with Gasteiger partial charge in [-0.3, -0.25) is 4.79 Å². The van der Waals surface area contributed by atoms with Crippen LogP contribution in [0.2, 0.25) is 0 Å². The Hall–Kier alpha value is -1.94. The number of ether oxygens (including phenoxy) is 2. The van der Waals surface area contributed by atoms with E-state index in [1.807, 2.05) is 0 Å². The second-order valence-corrected chi connectivity index (χ2v) is 5.34. The van der Waals surface area contributed by atoms with Crippen LogP contribution in [0.5, 0.6) is 0 Å². The third-order valence-corrected chi connectivity index (χ3v) is 3.79. The lowest BCUT2D eigenvalue weighted by molar-refractivity contribution is -0.144. The fourth-order valence-electron chi connectivity index (χ4n) is 2.63. The van der Waals surface area contributed by atoms with Gasteiger partial charge in [-0.15, -0.1) is 0 Å².